The minimum atomic E-state index is 0.455. The van der Waals surface area contributed by atoms with Gasteiger partial charge in [0, 0.05) is 5.56 Å². The molecule has 0 saturated heterocycles. The first-order valence-corrected chi connectivity index (χ1v) is 6.59. The van der Waals surface area contributed by atoms with Gasteiger partial charge in [-0.25, -0.2) is 9.97 Å². The second-order valence-corrected chi connectivity index (χ2v) is 4.67. The lowest BCUT2D eigenvalue weighted by molar-refractivity contribution is 0.908. The topological polar surface area (TPSA) is 87.6 Å². The standard InChI is InChI=1S/C14H14ClN5/c1-2-3-10-13(17)18-8-19-14(10)20-12-6-9(7-16)4-5-11(12)15/h4-6,8H,2-3H2,1H3,(H3,17,18,19,20). The third kappa shape index (κ3) is 2.98. The molecule has 0 atom stereocenters. The van der Waals surface area contributed by atoms with Gasteiger partial charge >= 0.3 is 0 Å². The number of nitrogen functional groups attached to an aromatic ring is 1. The third-order valence-electron chi connectivity index (χ3n) is 2.83. The van der Waals surface area contributed by atoms with Crippen LogP contribution in [-0.2, 0) is 6.42 Å². The molecule has 0 spiro atoms. The van der Waals surface area contributed by atoms with Crippen molar-refractivity contribution in [2.45, 2.75) is 19.8 Å². The van der Waals surface area contributed by atoms with Gasteiger partial charge in [0.15, 0.2) is 0 Å². The predicted molar refractivity (Wildman–Crippen MR) is 79.9 cm³/mol. The van der Waals surface area contributed by atoms with Gasteiger partial charge in [0.25, 0.3) is 0 Å². The smallest absolute Gasteiger partial charge is 0.139 e. The van der Waals surface area contributed by atoms with Crippen molar-refractivity contribution < 1.29 is 0 Å². The number of anilines is 3. The molecule has 3 N–H and O–H groups in total. The highest BCUT2D eigenvalue weighted by Gasteiger charge is 2.10. The molecular formula is C14H14ClN5. The molecule has 1 aromatic carbocycles. The normalized spacial score (nSPS) is 10.1. The maximum atomic E-state index is 8.94. The van der Waals surface area contributed by atoms with Crippen molar-refractivity contribution in [3.63, 3.8) is 0 Å². The highest BCUT2D eigenvalue weighted by molar-refractivity contribution is 6.33. The summed E-state index contributed by atoms with van der Waals surface area (Å²) in [5.74, 6) is 1.08. The lowest BCUT2D eigenvalue weighted by atomic mass is 10.1. The Balaban J connectivity index is 2.40. The van der Waals surface area contributed by atoms with E-state index >= 15 is 0 Å². The third-order valence-corrected chi connectivity index (χ3v) is 3.16. The Kier molecular flexibility index (Phi) is 4.38. The monoisotopic (exact) mass is 287 g/mol. The molecule has 2 aromatic rings. The zero-order chi connectivity index (χ0) is 14.5. The van der Waals surface area contributed by atoms with Gasteiger partial charge < -0.3 is 11.1 Å². The zero-order valence-corrected chi connectivity index (χ0v) is 11.8. The van der Waals surface area contributed by atoms with E-state index in [1.807, 2.05) is 0 Å². The van der Waals surface area contributed by atoms with Crippen molar-refractivity contribution in [2.24, 2.45) is 0 Å². The van der Waals surface area contributed by atoms with E-state index in [1.165, 1.54) is 6.33 Å². The highest BCUT2D eigenvalue weighted by atomic mass is 35.5. The molecule has 0 amide bonds. The van der Waals surface area contributed by atoms with Gasteiger partial charge in [-0.1, -0.05) is 24.9 Å². The van der Waals surface area contributed by atoms with E-state index in [0.29, 0.717) is 27.9 Å². The summed E-state index contributed by atoms with van der Waals surface area (Å²) in [4.78, 5) is 8.20. The predicted octanol–water partition coefficient (Wildman–Crippen LogP) is 3.28. The van der Waals surface area contributed by atoms with E-state index in [4.69, 9.17) is 22.6 Å². The summed E-state index contributed by atoms with van der Waals surface area (Å²) in [5.41, 5.74) is 7.88. The maximum absolute atomic E-state index is 8.94. The number of aromatic nitrogens is 2. The first kappa shape index (κ1) is 14.1. The number of nitrogens with zero attached hydrogens (tertiary/aromatic N) is 3. The fourth-order valence-electron chi connectivity index (χ4n) is 1.85. The zero-order valence-electron chi connectivity index (χ0n) is 11.0. The first-order valence-electron chi connectivity index (χ1n) is 6.21. The van der Waals surface area contributed by atoms with E-state index < -0.39 is 0 Å². The summed E-state index contributed by atoms with van der Waals surface area (Å²) in [7, 11) is 0. The van der Waals surface area contributed by atoms with Crippen molar-refractivity contribution in [3.8, 4) is 6.07 Å². The average Bonchev–Trinajstić information content (AvgIpc) is 2.45. The van der Waals surface area contributed by atoms with Crippen molar-refractivity contribution >= 4 is 28.9 Å². The molecule has 1 heterocycles. The van der Waals surface area contributed by atoms with Crippen LogP contribution in [0.3, 0.4) is 0 Å². The molecule has 0 unspecified atom stereocenters. The Labute approximate surface area is 122 Å². The summed E-state index contributed by atoms with van der Waals surface area (Å²) in [5, 5.41) is 12.6. The number of nitrogens with one attached hydrogen (secondary N) is 1. The van der Waals surface area contributed by atoms with E-state index in [-0.39, 0.29) is 0 Å². The number of nitrogens with two attached hydrogens (primary N) is 1. The van der Waals surface area contributed by atoms with E-state index in [9.17, 15) is 0 Å². The van der Waals surface area contributed by atoms with Gasteiger partial charge in [0.05, 0.1) is 22.3 Å². The van der Waals surface area contributed by atoms with Crippen LogP contribution in [0.2, 0.25) is 5.02 Å². The second kappa shape index (κ2) is 6.22. The van der Waals surface area contributed by atoms with E-state index in [2.05, 4.69) is 28.3 Å². The molecule has 2 rings (SSSR count). The molecule has 5 nitrogen and oxygen atoms in total. The highest BCUT2D eigenvalue weighted by Crippen LogP contribution is 2.28. The van der Waals surface area contributed by atoms with Crippen LogP contribution in [0.5, 0.6) is 0 Å². The van der Waals surface area contributed by atoms with E-state index in [1.54, 1.807) is 18.2 Å². The molecule has 6 heteroatoms. The lowest BCUT2D eigenvalue weighted by Crippen LogP contribution is -2.05. The molecule has 0 aliphatic rings. The summed E-state index contributed by atoms with van der Waals surface area (Å²) in [6, 6.07) is 7.09. The largest absolute Gasteiger partial charge is 0.383 e. The summed E-state index contributed by atoms with van der Waals surface area (Å²) < 4.78 is 0. The van der Waals surface area contributed by atoms with Crippen LogP contribution in [0.25, 0.3) is 0 Å². The summed E-state index contributed by atoms with van der Waals surface area (Å²) in [6.07, 6.45) is 3.10. The summed E-state index contributed by atoms with van der Waals surface area (Å²) >= 11 is 6.13. The molecule has 0 aliphatic heterocycles. The second-order valence-electron chi connectivity index (χ2n) is 4.27. The minimum Gasteiger partial charge on any atom is -0.383 e. The Morgan fingerprint density at radius 2 is 2.20 bits per heavy atom. The van der Waals surface area contributed by atoms with Gasteiger partial charge in [-0.3, -0.25) is 0 Å². The molecule has 0 bridgehead atoms. The molecule has 102 valence electrons. The average molecular weight is 288 g/mol. The lowest BCUT2D eigenvalue weighted by Gasteiger charge is -2.13. The molecule has 0 radical (unpaired) electrons. The van der Waals surface area contributed by atoms with E-state index in [0.717, 1.165) is 18.4 Å². The van der Waals surface area contributed by atoms with Gasteiger partial charge in [-0.05, 0) is 24.6 Å². The first-order chi connectivity index (χ1) is 9.65. The number of hydrogen-bond acceptors (Lipinski definition) is 5. The Bertz CT molecular complexity index is 663. The number of benzene rings is 1. The molecular weight excluding hydrogens is 274 g/mol. The van der Waals surface area contributed by atoms with Crippen LogP contribution in [0, 0.1) is 11.3 Å². The van der Waals surface area contributed by atoms with Crippen molar-refractivity contribution in [3.05, 3.63) is 40.7 Å². The minimum absolute atomic E-state index is 0.455. The van der Waals surface area contributed by atoms with Crippen LogP contribution in [0.1, 0.15) is 24.5 Å². The Hall–Kier alpha value is -2.32. The van der Waals surface area contributed by atoms with Crippen molar-refractivity contribution in [1.82, 2.24) is 9.97 Å². The fraction of sp³-hybridized carbons (Fsp3) is 0.214. The van der Waals surface area contributed by atoms with Gasteiger partial charge in [-0.15, -0.1) is 0 Å². The van der Waals surface area contributed by atoms with Crippen molar-refractivity contribution in [2.75, 3.05) is 11.1 Å². The summed E-state index contributed by atoms with van der Waals surface area (Å²) in [6.45, 7) is 2.06. The van der Waals surface area contributed by atoms with Gasteiger partial charge in [0.1, 0.15) is 18.0 Å². The SMILES string of the molecule is CCCc1c(N)ncnc1Nc1cc(C#N)ccc1Cl. The molecule has 0 saturated carbocycles. The quantitative estimate of drug-likeness (QED) is 0.901. The van der Waals surface area contributed by atoms with Crippen LogP contribution >= 0.6 is 11.6 Å². The van der Waals surface area contributed by atoms with Crippen LogP contribution in [0.4, 0.5) is 17.3 Å². The van der Waals surface area contributed by atoms with Crippen LogP contribution in [0.15, 0.2) is 24.5 Å². The van der Waals surface area contributed by atoms with Gasteiger partial charge in [0.2, 0.25) is 0 Å². The number of nitriles is 1. The molecule has 0 aliphatic carbocycles. The molecule has 20 heavy (non-hydrogen) atoms. The number of halogens is 1. The van der Waals surface area contributed by atoms with Crippen LogP contribution in [-0.4, -0.2) is 9.97 Å². The van der Waals surface area contributed by atoms with Crippen molar-refractivity contribution in [1.29, 1.82) is 5.26 Å². The molecule has 0 fully saturated rings. The van der Waals surface area contributed by atoms with Gasteiger partial charge in [-0.2, -0.15) is 5.26 Å². The number of hydrogen-bond donors (Lipinski definition) is 2. The van der Waals surface area contributed by atoms with Crippen LogP contribution < -0.4 is 11.1 Å². The number of rotatable bonds is 4. The fourth-order valence-corrected chi connectivity index (χ4v) is 2.01. The molecule has 1 aromatic heterocycles. The Morgan fingerprint density at radius 3 is 2.90 bits per heavy atom. The maximum Gasteiger partial charge on any atom is 0.139 e. The Morgan fingerprint density at radius 1 is 1.40 bits per heavy atom.